The molecule has 0 amide bonds. The van der Waals surface area contributed by atoms with Crippen molar-refractivity contribution in [3.63, 3.8) is 0 Å². The summed E-state index contributed by atoms with van der Waals surface area (Å²) >= 11 is 0. The van der Waals surface area contributed by atoms with Gasteiger partial charge in [0.15, 0.2) is 0 Å². The predicted molar refractivity (Wildman–Crippen MR) is 24.2 cm³/mol. The topological polar surface area (TPSA) is 12.9 Å². The number of rotatable bonds is 0. The van der Waals surface area contributed by atoms with E-state index >= 15 is 0 Å². The van der Waals surface area contributed by atoms with Gasteiger partial charge in [-0.2, -0.15) is 0 Å². The second kappa shape index (κ2) is 4.88. The molecule has 1 aromatic rings. The Morgan fingerprint density at radius 1 is 0.857 bits per heavy atom. The van der Waals surface area contributed by atoms with Gasteiger partial charge in [0.2, 0.25) is 0 Å². The minimum Gasteiger partial charge on any atom is -0.265 e. The summed E-state index contributed by atoms with van der Waals surface area (Å²) in [4.78, 5) is 3.78. The summed E-state index contributed by atoms with van der Waals surface area (Å²) in [6, 6.07) is 5.72. The molecule has 0 fully saturated rings. The third-order valence-corrected chi connectivity index (χ3v) is 0.566. The monoisotopic (exact) mass is 232 g/mol. The summed E-state index contributed by atoms with van der Waals surface area (Å²) in [5.41, 5.74) is 0. The molecule has 0 aliphatic rings. The van der Waals surface area contributed by atoms with Gasteiger partial charge in [0, 0.05) is 12.4 Å². The van der Waals surface area contributed by atoms with E-state index in [9.17, 15) is 0 Å². The van der Waals surface area contributed by atoms with Crippen LogP contribution in [0.25, 0.3) is 0 Å². The zero-order valence-corrected chi connectivity index (χ0v) is 6.14. The first-order chi connectivity index (χ1) is 3.00. The van der Waals surface area contributed by atoms with E-state index in [4.69, 9.17) is 0 Å². The molecule has 0 saturated heterocycles. The average molecular weight is 231 g/mol. The third kappa shape index (κ3) is 3.33. The first-order valence-electron chi connectivity index (χ1n) is 1.85. The van der Waals surface area contributed by atoms with Crippen LogP contribution in [0.1, 0.15) is 0 Å². The second-order valence-electron chi connectivity index (χ2n) is 1.02. The number of aromatic nitrogens is 1. The minimum absolute atomic E-state index is 0. The van der Waals surface area contributed by atoms with E-state index in [1.165, 1.54) is 0 Å². The molecule has 1 aromatic heterocycles. The molecule has 0 aliphatic carbocycles. The molecule has 0 unspecified atom stereocenters. The molecule has 0 bridgehead atoms. The Hall–Kier alpha value is 0.734. The summed E-state index contributed by atoms with van der Waals surface area (Å²) in [7, 11) is 0. The summed E-state index contributed by atoms with van der Waals surface area (Å²) in [5, 5.41) is 0. The molecule has 0 saturated carbocycles. The summed E-state index contributed by atoms with van der Waals surface area (Å²) in [5.74, 6) is 0. The van der Waals surface area contributed by atoms with Crippen LogP contribution in [0.4, 0.5) is 0 Å². The second-order valence-corrected chi connectivity index (χ2v) is 1.02. The van der Waals surface area contributed by atoms with Gasteiger partial charge in [-0.3, -0.25) is 4.98 Å². The van der Waals surface area contributed by atoms with Crippen LogP contribution in [0, 0.1) is 49.4 Å². The Morgan fingerprint density at radius 3 is 1.57 bits per heavy atom. The number of hydrogen-bond donors (Lipinski definition) is 0. The van der Waals surface area contributed by atoms with Gasteiger partial charge in [-0.05, 0) is 12.1 Å². The van der Waals surface area contributed by atoms with Crippen molar-refractivity contribution in [2.45, 2.75) is 0 Å². The maximum absolute atomic E-state index is 3.78. The molecule has 1 heterocycles. The molecule has 0 aliphatic heterocycles. The first-order valence-corrected chi connectivity index (χ1v) is 1.85. The molecule has 1 nitrogen and oxygen atoms in total. The fourth-order valence-corrected chi connectivity index (χ4v) is 0.313. The van der Waals surface area contributed by atoms with Gasteiger partial charge >= 0.3 is 49.4 Å². The van der Waals surface area contributed by atoms with E-state index in [0.717, 1.165) is 0 Å². The molecular formula is C5H5EuN+3. The van der Waals surface area contributed by atoms with Crippen molar-refractivity contribution < 1.29 is 49.4 Å². The van der Waals surface area contributed by atoms with Crippen LogP contribution < -0.4 is 0 Å². The summed E-state index contributed by atoms with van der Waals surface area (Å²) < 4.78 is 0. The largest absolute Gasteiger partial charge is 3.00 e. The van der Waals surface area contributed by atoms with Gasteiger partial charge in [-0.25, -0.2) is 0 Å². The van der Waals surface area contributed by atoms with Crippen molar-refractivity contribution in [2.24, 2.45) is 0 Å². The molecule has 0 radical (unpaired) electrons. The van der Waals surface area contributed by atoms with Gasteiger partial charge in [0.25, 0.3) is 0 Å². The number of hydrogen-bond acceptors (Lipinski definition) is 1. The normalized spacial score (nSPS) is 6.86. The Kier molecular flexibility index (Phi) is 5.40. The molecule has 1 rings (SSSR count). The zero-order chi connectivity index (χ0) is 4.24. The number of nitrogens with zero attached hydrogens (tertiary/aromatic N) is 1. The van der Waals surface area contributed by atoms with Crippen molar-refractivity contribution in [1.82, 2.24) is 4.98 Å². The average Bonchev–Trinajstić information content (AvgIpc) is 1.72. The van der Waals surface area contributed by atoms with Crippen LogP contribution >= 0.6 is 0 Å². The Labute approximate surface area is 83.7 Å². The maximum atomic E-state index is 3.78. The Morgan fingerprint density at radius 2 is 1.43 bits per heavy atom. The van der Waals surface area contributed by atoms with Gasteiger partial charge < -0.3 is 0 Å². The molecule has 7 heavy (non-hydrogen) atoms. The van der Waals surface area contributed by atoms with Crippen molar-refractivity contribution in [2.75, 3.05) is 0 Å². The van der Waals surface area contributed by atoms with Crippen LogP contribution in [0.15, 0.2) is 30.6 Å². The molecule has 2 heteroatoms. The standard InChI is InChI=1S/C5H5N.Eu/c1-2-4-6-5-3-1;/h1-5H;/q;+3. The first kappa shape index (κ1) is 7.73. The molecule has 0 aromatic carbocycles. The van der Waals surface area contributed by atoms with Gasteiger partial charge in [0.05, 0.1) is 0 Å². The number of pyridine rings is 1. The van der Waals surface area contributed by atoms with Crippen molar-refractivity contribution in [3.8, 4) is 0 Å². The maximum Gasteiger partial charge on any atom is 3.00 e. The SMILES string of the molecule is [Eu+3].c1ccncc1. The van der Waals surface area contributed by atoms with Gasteiger partial charge in [-0.15, -0.1) is 0 Å². The van der Waals surface area contributed by atoms with Gasteiger partial charge in [-0.1, -0.05) is 6.07 Å². The van der Waals surface area contributed by atoms with E-state index in [-0.39, 0.29) is 49.4 Å². The minimum atomic E-state index is 0. The van der Waals surface area contributed by atoms with Crippen LogP contribution in [0.5, 0.6) is 0 Å². The predicted octanol–water partition coefficient (Wildman–Crippen LogP) is 1.08. The zero-order valence-electron chi connectivity index (χ0n) is 3.71. The van der Waals surface area contributed by atoms with Crippen LogP contribution in [0.3, 0.4) is 0 Å². The van der Waals surface area contributed by atoms with E-state index < -0.39 is 0 Å². The van der Waals surface area contributed by atoms with E-state index in [2.05, 4.69) is 4.98 Å². The van der Waals surface area contributed by atoms with Crippen molar-refractivity contribution in [1.29, 1.82) is 0 Å². The summed E-state index contributed by atoms with van der Waals surface area (Å²) in [6.45, 7) is 0. The van der Waals surface area contributed by atoms with Gasteiger partial charge in [0.1, 0.15) is 0 Å². The van der Waals surface area contributed by atoms with Crippen LogP contribution in [-0.4, -0.2) is 4.98 Å². The molecular weight excluding hydrogens is 226 g/mol. The fourth-order valence-electron chi connectivity index (χ4n) is 0.313. The fraction of sp³-hybridized carbons (Fsp3) is 0. The smallest absolute Gasteiger partial charge is 0.265 e. The molecule has 0 atom stereocenters. The third-order valence-electron chi connectivity index (χ3n) is 0.566. The van der Waals surface area contributed by atoms with Crippen LogP contribution in [-0.2, 0) is 0 Å². The van der Waals surface area contributed by atoms with E-state index in [0.29, 0.717) is 0 Å². The Balaban J connectivity index is 0.000000360. The van der Waals surface area contributed by atoms with Crippen molar-refractivity contribution >= 4 is 0 Å². The molecule has 0 spiro atoms. The van der Waals surface area contributed by atoms with E-state index in [1.807, 2.05) is 18.2 Å². The quantitative estimate of drug-likeness (QED) is 0.651. The molecule has 0 N–H and O–H groups in total. The Bertz CT molecular complexity index is 80.0. The van der Waals surface area contributed by atoms with E-state index in [1.54, 1.807) is 12.4 Å². The van der Waals surface area contributed by atoms with Crippen molar-refractivity contribution in [3.05, 3.63) is 30.6 Å². The summed E-state index contributed by atoms with van der Waals surface area (Å²) in [6.07, 6.45) is 3.50. The molecule has 34 valence electrons. The van der Waals surface area contributed by atoms with Crippen LogP contribution in [0.2, 0.25) is 0 Å².